The Labute approximate surface area is 101 Å². The quantitative estimate of drug-likeness (QED) is 0.449. The molecule has 0 heterocycles. The molecule has 0 aliphatic carbocycles. The second-order valence-electron chi connectivity index (χ2n) is 4.44. The van der Waals surface area contributed by atoms with E-state index in [4.69, 9.17) is 5.11 Å². The average molecular weight is 246 g/mol. The second kappa shape index (κ2) is 8.03. The maximum atomic E-state index is 11.5. The van der Waals surface area contributed by atoms with Crippen molar-refractivity contribution in [3.8, 4) is 0 Å². The highest BCUT2D eigenvalue weighted by Gasteiger charge is 2.21. The lowest BCUT2D eigenvalue weighted by Gasteiger charge is -2.23. The van der Waals surface area contributed by atoms with Gasteiger partial charge in [-0.25, -0.2) is 0 Å². The number of likely N-dealkylation sites (N-methyl/N-ethyl adjacent to an activating group) is 1. The molecule has 0 spiro atoms. The third kappa shape index (κ3) is 7.70. The Bertz CT molecular complexity index is 256. The lowest BCUT2D eigenvalue weighted by atomic mass is 10.1. The summed E-state index contributed by atoms with van der Waals surface area (Å²) in [7, 11) is 1.55. The smallest absolute Gasteiger partial charge is 0.303 e. The predicted octanol–water partition coefficient (Wildman–Crippen LogP) is -0.0801. The van der Waals surface area contributed by atoms with Crippen LogP contribution < -0.4 is 10.6 Å². The van der Waals surface area contributed by atoms with Gasteiger partial charge in [0.2, 0.25) is 5.91 Å². The van der Waals surface area contributed by atoms with Crippen molar-refractivity contribution < 1.29 is 19.8 Å². The van der Waals surface area contributed by atoms with Crippen LogP contribution in [0.1, 0.15) is 33.1 Å². The first-order valence-electron chi connectivity index (χ1n) is 5.73. The molecule has 17 heavy (non-hydrogen) atoms. The number of aliphatic hydroxyl groups excluding tert-OH is 1. The van der Waals surface area contributed by atoms with Gasteiger partial charge in [-0.1, -0.05) is 13.8 Å². The van der Waals surface area contributed by atoms with E-state index in [1.165, 1.54) is 0 Å². The van der Waals surface area contributed by atoms with Crippen LogP contribution in [0, 0.1) is 5.92 Å². The number of rotatable bonds is 8. The first-order valence-corrected chi connectivity index (χ1v) is 5.73. The number of aliphatic carboxylic acids is 1. The molecule has 6 heteroatoms. The summed E-state index contributed by atoms with van der Waals surface area (Å²) in [5, 5.41) is 23.4. The number of carboxylic acids is 1. The van der Waals surface area contributed by atoms with Gasteiger partial charge in [0.05, 0.1) is 6.04 Å². The van der Waals surface area contributed by atoms with Crippen molar-refractivity contribution in [2.75, 3.05) is 7.05 Å². The Kier molecular flexibility index (Phi) is 7.49. The fraction of sp³-hybridized carbons (Fsp3) is 0.818. The Morgan fingerprint density at radius 1 is 1.29 bits per heavy atom. The highest BCUT2D eigenvalue weighted by atomic mass is 16.4. The Balaban J connectivity index is 4.27. The number of carbonyl (C=O) groups is 2. The average Bonchev–Trinajstić information content (AvgIpc) is 2.21. The van der Waals surface area contributed by atoms with Gasteiger partial charge in [-0.05, 0) is 19.4 Å². The number of amides is 1. The molecule has 0 saturated heterocycles. The van der Waals surface area contributed by atoms with Crippen LogP contribution in [0.2, 0.25) is 0 Å². The molecule has 0 radical (unpaired) electrons. The summed E-state index contributed by atoms with van der Waals surface area (Å²) in [6, 6.07) is -0.581. The lowest BCUT2D eigenvalue weighted by Crippen LogP contribution is -2.49. The molecule has 1 unspecified atom stereocenters. The maximum absolute atomic E-state index is 11.5. The normalized spacial score (nSPS) is 14.4. The molecule has 0 bridgehead atoms. The van der Waals surface area contributed by atoms with E-state index >= 15 is 0 Å². The van der Waals surface area contributed by atoms with Gasteiger partial charge in [-0.2, -0.15) is 0 Å². The van der Waals surface area contributed by atoms with E-state index in [1.807, 2.05) is 13.8 Å². The van der Waals surface area contributed by atoms with E-state index in [0.717, 1.165) is 0 Å². The molecule has 1 amide bonds. The van der Waals surface area contributed by atoms with Gasteiger partial charge in [-0.15, -0.1) is 0 Å². The van der Waals surface area contributed by atoms with Crippen LogP contribution in [0.5, 0.6) is 0 Å². The fourth-order valence-corrected chi connectivity index (χ4v) is 1.43. The van der Waals surface area contributed by atoms with Crippen LogP contribution in [0.4, 0.5) is 0 Å². The molecule has 4 N–H and O–H groups in total. The molecule has 0 saturated carbocycles. The van der Waals surface area contributed by atoms with Crippen LogP contribution in [-0.4, -0.2) is 41.4 Å². The summed E-state index contributed by atoms with van der Waals surface area (Å²) in [4.78, 5) is 22.0. The minimum absolute atomic E-state index is 0.0919. The summed E-state index contributed by atoms with van der Waals surface area (Å²) in [6.07, 6.45) is -0.475. The molecule has 0 aliphatic rings. The number of hydrogen-bond donors (Lipinski definition) is 4. The molecule has 6 nitrogen and oxygen atoms in total. The number of aliphatic hydroxyl groups is 1. The van der Waals surface area contributed by atoms with Crippen molar-refractivity contribution in [1.82, 2.24) is 10.6 Å². The van der Waals surface area contributed by atoms with Crippen molar-refractivity contribution in [2.45, 2.75) is 45.4 Å². The molecule has 100 valence electrons. The predicted molar refractivity (Wildman–Crippen MR) is 63.3 cm³/mol. The van der Waals surface area contributed by atoms with Crippen molar-refractivity contribution in [1.29, 1.82) is 0 Å². The largest absolute Gasteiger partial charge is 0.481 e. The summed E-state index contributed by atoms with van der Waals surface area (Å²) in [6.45, 7) is 3.83. The first-order chi connectivity index (χ1) is 7.86. The molecule has 0 aliphatic heterocycles. The van der Waals surface area contributed by atoms with Gasteiger partial charge < -0.3 is 15.5 Å². The van der Waals surface area contributed by atoms with Gasteiger partial charge in [0.1, 0.15) is 6.23 Å². The van der Waals surface area contributed by atoms with Crippen LogP contribution in [0.25, 0.3) is 0 Å². The van der Waals surface area contributed by atoms with E-state index in [0.29, 0.717) is 6.42 Å². The molecule has 0 aromatic heterocycles. The molecule has 2 atom stereocenters. The van der Waals surface area contributed by atoms with Crippen molar-refractivity contribution >= 4 is 11.9 Å². The van der Waals surface area contributed by atoms with Crippen molar-refractivity contribution in [2.24, 2.45) is 5.92 Å². The van der Waals surface area contributed by atoms with Crippen molar-refractivity contribution in [3.05, 3.63) is 0 Å². The number of carboxylic acid groups (broad SMARTS) is 1. The van der Waals surface area contributed by atoms with Crippen molar-refractivity contribution in [3.63, 3.8) is 0 Å². The topological polar surface area (TPSA) is 98.7 Å². The molecule has 0 rings (SSSR count). The minimum atomic E-state index is -0.948. The Hall–Kier alpha value is -1.14. The fourth-order valence-electron chi connectivity index (χ4n) is 1.43. The summed E-state index contributed by atoms with van der Waals surface area (Å²) in [5.41, 5.74) is 0. The van der Waals surface area contributed by atoms with Gasteiger partial charge in [0.15, 0.2) is 0 Å². The standard InChI is InChI=1S/C11H22N2O4/c1-7(2)6-9(14)13-8(11(17)12-3)4-5-10(15)16/h7-8,11-12,17H,4-6H2,1-3H3,(H,13,14)(H,15,16)/t8-,11?/m0/s1. The zero-order valence-electron chi connectivity index (χ0n) is 10.6. The molecule has 0 fully saturated rings. The molecular formula is C11H22N2O4. The third-order valence-corrected chi connectivity index (χ3v) is 2.29. The summed E-state index contributed by atoms with van der Waals surface area (Å²) in [5.74, 6) is -0.900. The first kappa shape index (κ1) is 15.9. The third-order valence-electron chi connectivity index (χ3n) is 2.29. The van der Waals surface area contributed by atoms with E-state index in [9.17, 15) is 14.7 Å². The molecule has 0 aromatic rings. The van der Waals surface area contributed by atoms with Crippen LogP contribution in [-0.2, 0) is 9.59 Å². The van der Waals surface area contributed by atoms with Crippen LogP contribution >= 0.6 is 0 Å². The summed E-state index contributed by atoms with van der Waals surface area (Å²) < 4.78 is 0. The number of hydrogen-bond acceptors (Lipinski definition) is 4. The van der Waals surface area contributed by atoms with E-state index in [-0.39, 0.29) is 24.7 Å². The maximum Gasteiger partial charge on any atom is 0.303 e. The zero-order chi connectivity index (χ0) is 13.4. The van der Waals surface area contributed by atoms with Crippen LogP contribution in [0.15, 0.2) is 0 Å². The van der Waals surface area contributed by atoms with Crippen LogP contribution in [0.3, 0.4) is 0 Å². The lowest BCUT2D eigenvalue weighted by molar-refractivity contribution is -0.137. The van der Waals surface area contributed by atoms with E-state index < -0.39 is 18.2 Å². The highest BCUT2D eigenvalue weighted by molar-refractivity contribution is 5.76. The highest BCUT2D eigenvalue weighted by Crippen LogP contribution is 2.04. The monoisotopic (exact) mass is 246 g/mol. The zero-order valence-corrected chi connectivity index (χ0v) is 10.6. The summed E-state index contributed by atoms with van der Waals surface area (Å²) >= 11 is 0. The van der Waals surface area contributed by atoms with Gasteiger partial charge >= 0.3 is 5.97 Å². The van der Waals surface area contributed by atoms with Gasteiger partial charge in [0, 0.05) is 12.8 Å². The molecular weight excluding hydrogens is 224 g/mol. The Morgan fingerprint density at radius 2 is 1.88 bits per heavy atom. The number of nitrogens with one attached hydrogen (secondary N) is 2. The minimum Gasteiger partial charge on any atom is -0.481 e. The molecule has 0 aromatic carbocycles. The Morgan fingerprint density at radius 3 is 2.29 bits per heavy atom. The number of carbonyl (C=O) groups excluding carboxylic acids is 1. The SMILES string of the molecule is CNC(O)[C@H](CCC(=O)O)NC(=O)CC(C)C. The van der Waals surface area contributed by atoms with E-state index in [1.54, 1.807) is 7.05 Å². The van der Waals surface area contributed by atoms with E-state index in [2.05, 4.69) is 10.6 Å². The second-order valence-corrected chi connectivity index (χ2v) is 4.44. The van der Waals surface area contributed by atoms with Gasteiger partial charge in [-0.3, -0.25) is 14.9 Å². The van der Waals surface area contributed by atoms with Gasteiger partial charge in [0.25, 0.3) is 0 Å².